The molecule has 1 aromatic carbocycles. The average Bonchev–Trinajstić information content (AvgIpc) is 2.79. The van der Waals surface area contributed by atoms with Crippen molar-refractivity contribution in [3.8, 4) is 18.1 Å². The summed E-state index contributed by atoms with van der Waals surface area (Å²) in [6, 6.07) is 8.06. The van der Waals surface area contributed by atoms with Gasteiger partial charge in [0, 0.05) is 30.9 Å². The van der Waals surface area contributed by atoms with Gasteiger partial charge in [-0.1, -0.05) is 18.2 Å². The highest BCUT2D eigenvalue weighted by Gasteiger charge is 2.36. The normalized spacial score (nSPS) is 26.4. The molecule has 2 aliphatic heterocycles. The van der Waals surface area contributed by atoms with E-state index in [1.807, 2.05) is 29.2 Å². The predicted octanol–water partition coefficient (Wildman–Crippen LogP) is 1.99. The summed E-state index contributed by atoms with van der Waals surface area (Å²) in [5, 5.41) is 0. The fourth-order valence-corrected chi connectivity index (χ4v) is 2.79. The van der Waals surface area contributed by atoms with Gasteiger partial charge in [-0.15, -0.1) is 12.3 Å². The highest BCUT2D eigenvalue weighted by molar-refractivity contribution is 5.80. The Balaban J connectivity index is 1.91. The Bertz CT molecular complexity index is 517. The van der Waals surface area contributed by atoms with Crippen LogP contribution in [0, 0.1) is 18.3 Å². The number of nitrogens with zero attached hydrogens (tertiary/aromatic N) is 1. The second-order valence-electron chi connectivity index (χ2n) is 4.80. The van der Waals surface area contributed by atoms with Crippen molar-refractivity contribution in [2.24, 2.45) is 5.92 Å². The van der Waals surface area contributed by atoms with Gasteiger partial charge in [0.2, 0.25) is 5.91 Å². The largest absolute Gasteiger partial charge is 0.493 e. The molecule has 0 saturated carbocycles. The maximum atomic E-state index is 12.0. The summed E-state index contributed by atoms with van der Waals surface area (Å²) in [5.74, 6) is 3.82. The monoisotopic (exact) mass is 241 g/mol. The SMILES string of the molecule is C#CC1CC(=O)N(C2CCOc3ccccc32)C1. The molecule has 1 aromatic rings. The van der Waals surface area contributed by atoms with Crippen LogP contribution >= 0.6 is 0 Å². The molecular formula is C15H15NO2. The molecule has 92 valence electrons. The van der Waals surface area contributed by atoms with E-state index in [1.54, 1.807) is 0 Å². The topological polar surface area (TPSA) is 29.5 Å². The second kappa shape index (κ2) is 4.38. The minimum Gasteiger partial charge on any atom is -0.493 e. The lowest BCUT2D eigenvalue weighted by atomic mass is 9.99. The molecule has 1 saturated heterocycles. The van der Waals surface area contributed by atoms with Gasteiger partial charge >= 0.3 is 0 Å². The van der Waals surface area contributed by atoms with Crippen LogP contribution in [0.1, 0.15) is 24.4 Å². The van der Waals surface area contributed by atoms with Crippen LogP contribution in [0.4, 0.5) is 0 Å². The van der Waals surface area contributed by atoms with Gasteiger partial charge in [0.05, 0.1) is 12.6 Å². The molecule has 1 fully saturated rings. The van der Waals surface area contributed by atoms with Crippen LogP contribution in [0.25, 0.3) is 0 Å². The third-order valence-corrected chi connectivity index (χ3v) is 3.70. The van der Waals surface area contributed by atoms with Crippen molar-refractivity contribution in [3.05, 3.63) is 29.8 Å². The smallest absolute Gasteiger partial charge is 0.224 e. The molecule has 3 nitrogen and oxygen atoms in total. The maximum absolute atomic E-state index is 12.0. The lowest BCUT2D eigenvalue weighted by Crippen LogP contribution is -2.33. The quantitative estimate of drug-likeness (QED) is 0.704. The van der Waals surface area contributed by atoms with Gasteiger partial charge in [0.1, 0.15) is 5.75 Å². The fraction of sp³-hybridized carbons (Fsp3) is 0.400. The summed E-state index contributed by atoms with van der Waals surface area (Å²) in [7, 11) is 0. The summed E-state index contributed by atoms with van der Waals surface area (Å²) >= 11 is 0. The van der Waals surface area contributed by atoms with E-state index in [0.717, 1.165) is 17.7 Å². The molecule has 3 rings (SSSR count). The van der Waals surface area contributed by atoms with Gasteiger partial charge in [-0.25, -0.2) is 0 Å². The van der Waals surface area contributed by atoms with Crippen molar-refractivity contribution in [2.45, 2.75) is 18.9 Å². The van der Waals surface area contributed by atoms with Gasteiger partial charge in [-0.05, 0) is 6.07 Å². The van der Waals surface area contributed by atoms with Crippen LogP contribution in [-0.4, -0.2) is 24.0 Å². The number of fused-ring (bicyclic) bond motifs is 1. The van der Waals surface area contributed by atoms with Crippen molar-refractivity contribution in [1.29, 1.82) is 0 Å². The van der Waals surface area contributed by atoms with Crippen molar-refractivity contribution < 1.29 is 9.53 Å². The van der Waals surface area contributed by atoms with Crippen molar-refractivity contribution in [2.75, 3.05) is 13.2 Å². The molecule has 0 spiro atoms. The predicted molar refractivity (Wildman–Crippen MR) is 67.9 cm³/mol. The van der Waals surface area contributed by atoms with Gasteiger partial charge in [0.15, 0.2) is 0 Å². The summed E-state index contributed by atoms with van der Waals surface area (Å²) < 4.78 is 5.62. The lowest BCUT2D eigenvalue weighted by Gasteiger charge is -2.33. The number of para-hydroxylation sites is 1. The fourth-order valence-electron chi connectivity index (χ4n) is 2.79. The van der Waals surface area contributed by atoms with E-state index >= 15 is 0 Å². The number of rotatable bonds is 1. The minimum absolute atomic E-state index is 0.0625. The number of likely N-dealkylation sites (tertiary alicyclic amines) is 1. The van der Waals surface area contributed by atoms with Gasteiger partial charge in [0.25, 0.3) is 0 Å². The van der Waals surface area contributed by atoms with Crippen LogP contribution in [0.15, 0.2) is 24.3 Å². The Morgan fingerprint density at radius 1 is 1.39 bits per heavy atom. The number of ether oxygens (including phenoxy) is 1. The number of benzene rings is 1. The van der Waals surface area contributed by atoms with Crippen LogP contribution in [0.2, 0.25) is 0 Å². The molecule has 0 aromatic heterocycles. The van der Waals surface area contributed by atoms with Crippen LogP contribution < -0.4 is 4.74 Å². The first-order valence-electron chi connectivity index (χ1n) is 6.27. The zero-order chi connectivity index (χ0) is 12.5. The number of terminal acetylenes is 1. The molecule has 1 amide bonds. The third kappa shape index (κ3) is 1.74. The Morgan fingerprint density at radius 2 is 2.22 bits per heavy atom. The molecule has 0 bridgehead atoms. The minimum atomic E-state index is 0.0625. The maximum Gasteiger partial charge on any atom is 0.224 e. The molecule has 0 aliphatic carbocycles. The standard InChI is InChI=1S/C15H15NO2/c1-2-11-9-15(17)16(10-11)13-7-8-18-14-6-4-3-5-12(13)14/h1,3-6,11,13H,7-10H2. The molecule has 0 N–H and O–H groups in total. The van der Waals surface area contributed by atoms with Crippen molar-refractivity contribution in [1.82, 2.24) is 4.90 Å². The van der Waals surface area contributed by atoms with Crippen molar-refractivity contribution in [3.63, 3.8) is 0 Å². The third-order valence-electron chi connectivity index (χ3n) is 3.70. The Kier molecular flexibility index (Phi) is 2.71. The van der Waals surface area contributed by atoms with E-state index in [-0.39, 0.29) is 17.9 Å². The molecule has 3 heteroatoms. The molecule has 2 unspecified atom stereocenters. The summed E-state index contributed by atoms with van der Waals surface area (Å²) in [5.41, 5.74) is 1.11. The number of hydrogen-bond donors (Lipinski definition) is 0. The van der Waals surface area contributed by atoms with E-state index < -0.39 is 0 Å². The number of carbonyl (C=O) groups excluding carboxylic acids is 1. The molecule has 0 radical (unpaired) electrons. The first-order chi connectivity index (χ1) is 8.79. The highest BCUT2D eigenvalue weighted by atomic mass is 16.5. The summed E-state index contributed by atoms with van der Waals surface area (Å²) in [6.45, 7) is 1.33. The number of carbonyl (C=O) groups is 1. The van der Waals surface area contributed by atoms with E-state index in [0.29, 0.717) is 19.6 Å². The number of amides is 1. The van der Waals surface area contributed by atoms with Gasteiger partial charge < -0.3 is 9.64 Å². The molecule has 18 heavy (non-hydrogen) atoms. The molecular weight excluding hydrogens is 226 g/mol. The van der Waals surface area contributed by atoms with E-state index in [4.69, 9.17) is 11.2 Å². The first-order valence-corrected chi connectivity index (χ1v) is 6.27. The first kappa shape index (κ1) is 11.2. The Morgan fingerprint density at radius 3 is 3.00 bits per heavy atom. The van der Waals surface area contributed by atoms with Crippen LogP contribution in [-0.2, 0) is 4.79 Å². The zero-order valence-electron chi connectivity index (χ0n) is 10.1. The summed E-state index contributed by atoms with van der Waals surface area (Å²) in [6.07, 6.45) is 6.76. The van der Waals surface area contributed by atoms with Crippen LogP contribution in [0.5, 0.6) is 5.75 Å². The van der Waals surface area contributed by atoms with E-state index in [1.165, 1.54) is 0 Å². The highest BCUT2D eigenvalue weighted by Crippen LogP contribution is 2.38. The Labute approximate surface area is 107 Å². The van der Waals surface area contributed by atoms with Crippen molar-refractivity contribution >= 4 is 5.91 Å². The Hall–Kier alpha value is -1.95. The average molecular weight is 241 g/mol. The molecule has 2 atom stereocenters. The number of hydrogen-bond acceptors (Lipinski definition) is 2. The molecule has 2 aliphatic rings. The van der Waals surface area contributed by atoms with E-state index in [2.05, 4.69) is 5.92 Å². The van der Waals surface area contributed by atoms with E-state index in [9.17, 15) is 4.79 Å². The van der Waals surface area contributed by atoms with Crippen LogP contribution in [0.3, 0.4) is 0 Å². The van der Waals surface area contributed by atoms with Gasteiger partial charge in [-0.2, -0.15) is 0 Å². The second-order valence-corrected chi connectivity index (χ2v) is 4.80. The lowest BCUT2D eigenvalue weighted by molar-refractivity contribution is -0.130. The zero-order valence-corrected chi connectivity index (χ0v) is 10.1. The summed E-state index contributed by atoms with van der Waals surface area (Å²) in [4.78, 5) is 14.0. The van der Waals surface area contributed by atoms with Gasteiger partial charge in [-0.3, -0.25) is 4.79 Å². The molecule has 2 heterocycles.